The molecule has 1 saturated heterocycles. The summed E-state index contributed by atoms with van der Waals surface area (Å²) in [6.07, 6.45) is 1.76. The Hall–Kier alpha value is -2.67. The Morgan fingerprint density at radius 3 is 2.59 bits per heavy atom. The van der Waals surface area contributed by atoms with Gasteiger partial charge in [-0.2, -0.15) is 0 Å². The molecule has 1 aromatic heterocycles. The van der Waals surface area contributed by atoms with Gasteiger partial charge in [0.2, 0.25) is 5.91 Å². The van der Waals surface area contributed by atoms with E-state index in [0.717, 1.165) is 61.4 Å². The Morgan fingerprint density at radius 1 is 1.09 bits per heavy atom. The van der Waals surface area contributed by atoms with Gasteiger partial charge < -0.3 is 10.3 Å². The van der Waals surface area contributed by atoms with Crippen LogP contribution in [0.2, 0.25) is 5.02 Å². The molecule has 2 N–H and O–H groups in total. The lowest BCUT2D eigenvalue weighted by Gasteiger charge is -2.34. The Bertz CT molecular complexity index is 1010. The van der Waals surface area contributed by atoms with E-state index < -0.39 is 0 Å². The Kier molecular flexibility index (Phi) is 7.58. The van der Waals surface area contributed by atoms with Crippen LogP contribution in [0.5, 0.6) is 0 Å². The number of carbonyl (C=O) groups is 1. The zero-order chi connectivity index (χ0) is 22.3. The maximum absolute atomic E-state index is 12.6. The molecule has 1 atom stereocenters. The van der Waals surface area contributed by atoms with Gasteiger partial charge in [-0.3, -0.25) is 14.6 Å². The van der Waals surface area contributed by atoms with Gasteiger partial charge in [0.1, 0.15) is 5.82 Å². The van der Waals surface area contributed by atoms with Gasteiger partial charge in [0, 0.05) is 68.3 Å². The molecule has 2 heterocycles. The summed E-state index contributed by atoms with van der Waals surface area (Å²) in [4.78, 5) is 25.2. The number of hydrogen-bond donors (Lipinski definition) is 2. The molecule has 1 aliphatic heterocycles. The molecule has 1 amide bonds. The van der Waals surface area contributed by atoms with Crippen molar-refractivity contribution in [3.8, 4) is 11.4 Å². The van der Waals surface area contributed by atoms with Gasteiger partial charge >= 0.3 is 0 Å². The lowest BCUT2D eigenvalue weighted by molar-refractivity contribution is -0.122. The second kappa shape index (κ2) is 10.8. The second-order valence-corrected chi connectivity index (χ2v) is 8.75. The number of hydrogen-bond acceptors (Lipinski definition) is 4. The van der Waals surface area contributed by atoms with E-state index in [1.165, 1.54) is 5.56 Å². The fourth-order valence-corrected chi connectivity index (χ4v) is 4.21. The first-order chi connectivity index (χ1) is 15.6. The molecule has 1 fully saturated rings. The zero-order valence-corrected chi connectivity index (χ0v) is 19.2. The van der Waals surface area contributed by atoms with Crippen molar-refractivity contribution >= 4 is 17.5 Å². The Labute approximate surface area is 194 Å². The van der Waals surface area contributed by atoms with E-state index >= 15 is 0 Å². The van der Waals surface area contributed by atoms with Crippen LogP contribution in [0.4, 0.5) is 0 Å². The van der Waals surface area contributed by atoms with Crippen LogP contribution in [0.1, 0.15) is 24.1 Å². The molecule has 0 spiro atoms. The van der Waals surface area contributed by atoms with Crippen molar-refractivity contribution in [1.82, 2.24) is 25.1 Å². The fraction of sp³-hybridized carbons (Fsp3) is 0.360. The summed E-state index contributed by atoms with van der Waals surface area (Å²) in [5.41, 5.74) is 3.10. The predicted molar refractivity (Wildman–Crippen MR) is 129 cm³/mol. The van der Waals surface area contributed by atoms with E-state index in [0.29, 0.717) is 6.54 Å². The summed E-state index contributed by atoms with van der Waals surface area (Å²) in [7, 11) is 0. The third-order valence-electron chi connectivity index (χ3n) is 5.99. The average molecular weight is 452 g/mol. The number of rotatable bonds is 8. The van der Waals surface area contributed by atoms with Crippen molar-refractivity contribution in [1.29, 1.82) is 0 Å². The number of H-pyrrole nitrogens is 1. The van der Waals surface area contributed by atoms with E-state index in [1.54, 1.807) is 6.20 Å². The van der Waals surface area contributed by atoms with Crippen LogP contribution in [-0.4, -0.2) is 64.9 Å². The number of imidazole rings is 1. The number of nitrogens with zero attached hydrogens (tertiary/aromatic N) is 3. The molecule has 0 radical (unpaired) electrons. The monoisotopic (exact) mass is 451 g/mol. The van der Waals surface area contributed by atoms with E-state index in [-0.39, 0.29) is 11.8 Å². The van der Waals surface area contributed by atoms with Gasteiger partial charge in [-0.15, -0.1) is 0 Å². The molecule has 0 aliphatic carbocycles. The van der Waals surface area contributed by atoms with Crippen molar-refractivity contribution in [2.75, 3.05) is 39.3 Å². The highest BCUT2D eigenvalue weighted by Gasteiger charge is 2.20. The number of aromatic amines is 1. The van der Waals surface area contributed by atoms with Gasteiger partial charge in [-0.05, 0) is 24.6 Å². The summed E-state index contributed by atoms with van der Waals surface area (Å²) in [6, 6.07) is 18.0. The molecule has 168 valence electrons. The van der Waals surface area contributed by atoms with Gasteiger partial charge in [0.25, 0.3) is 0 Å². The largest absolute Gasteiger partial charge is 0.354 e. The molecule has 1 unspecified atom stereocenters. The summed E-state index contributed by atoms with van der Waals surface area (Å²) >= 11 is 6.09. The van der Waals surface area contributed by atoms with Crippen molar-refractivity contribution in [2.24, 2.45) is 0 Å². The molecule has 0 saturated carbocycles. The van der Waals surface area contributed by atoms with E-state index in [1.807, 2.05) is 55.5 Å². The summed E-state index contributed by atoms with van der Waals surface area (Å²) in [5, 5.41) is 3.87. The topological polar surface area (TPSA) is 64.3 Å². The Morgan fingerprint density at radius 2 is 1.84 bits per heavy atom. The summed E-state index contributed by atoms with van der Waals surface area (Å²) in [5.74, 6) is 0.540. The van der Waals surface area contributed by atoms with Crippen LogP contribution in [0.15, 0.2) is 60.8 Å². The van der Waals surface area contributed by atoms with Crippen LogP contribution in [-0.2, 0) is 11.3 Å². The number of halogens is 1. The van der Waals surface area contributed by atoms with E-state index in [2.05, 4.69) is 31.2 Å². The number of benzene rings is 2. The average Bonchev–Trinajstić information content (AvgIpc) is 3.31. The fourth-order valence-electron chi connectivity index (χ4n) is 3.99. The Balaban J connectivity index is 1.18. The first-order valence-electron chi connectivity index (χ1n) is 11.2. The highest BCUT2D eigenvalue weighted by Crippen LogP contribution is 2.19. The minimum atomic E-state index is -0.269. The van der Waals surface area contributed by atoms with Crippen molar-refractivity contribution in [3.05, 3.63) is 77.1 Å². The highest BCUT2D eigenvalue weighted by molar-refractivity contribution is 6.30. The molecular weight excluding hydrogens is 422 g/mol. The highest BCUT2D eigenvalue weighted by atomic mass is 35.5. The van der Waals surface area contributed by atoms with Gasteiger partial charge in [-0.1, -0.05) is 54.1 Å². The second-order valence-electron chi connectivity index (χ2n) is 8.31. The summed E-state index contributed by atoms with van der Waals surface area (Å²) < 4.78 is 0. The molecule has 0 bridgehead atoms. The SMILES string of the molecule is CC(C(=O)NCCN1CCN(Cc2cccc(Cl)c2)CC1)c1cnc(-c2ccccc2)[nH]1. The lowest BCUT2D eigenvalue weighted by atomic mass is 10.1. The molecule has 7 heteroatoms. The smallest absolute Gasteiger partial charge is 0.228 e. The number of aromatic nitrogens is 2. The number of nitrogens with one attached hydrogen (secondary N) is 2. The number of piperazine rings is 1. The van der Waals surface area contributed by atoms with Crippen molar-refractivity contribution in [2.45, 2.75) is 19.4 Å². The quantitative estimate of drug-likeness (QED) is 0.547. The standard InChI is InChI=1S/C25H30ClN5O/c1-19(23-17-28-24(29-23)21-7-3-2-4-8-21)25(32)27-10-11-30-12-14-31(15-13-30)18-20-6-5-9-22(26)16-20/h2-9,16-17,19H,10-15,18H2,1H3,(H,27,32)(H,28,29). The zero-order valence-electron chi connectivity index (χ0n) is 18.4. The van der Waals surface area contributed by atoms with Crippen LogP contribution in [0, 0.1) is 0 Å². The molecular formula is C25H30ClN5O. The number of amides is 1. The minimum absolute atomic E-state index is 0.0212. The molecule has 1 aliphatic rings. The predicted octanol–water partition coefficient (Wildman–Crippen LogP) is 3.77. The third kappa shape index (κ3) is 5.97. The molecule has 6 nitrogen and oxygen atoms in total. The van der Waals surface area contributed by atoms with E-state index in [4.69, 9.17) is 11.6 Å². The normalized spacial score (nSPS) is 16.1. The number of carbonyl (C=O) groups excluding carboxylic acids is 1. The lowest BCUT2D eigenvalue weighted by Crippen LogP contribution is -2.48. The first kappa shape index (κ1) is 22.5. The van der Waals surface area contributed by atoms with Gasteiger partial charge in [-0.25, -0.2) is 4.98 Å². The van der Waals surface area contributed by atoms with Crippen LogP contribution < -0.4 is 5.32 Å². The van der Waals surface area contributed by atoms with Crippen LogP contribution in [0.25, 0.3) is 11.4 Å². The minimum Gasteiger partial charge on any atom is -0.354 e. The van der Waals surface area contributed by atoms with Gasteiger partial charge in [0.15, 0.2) is 0 Å². The molecule has 3 aromatic rings. The van der Waals surface area contributed by atoms with E-state index in [9.17, 15) is 4.79 Å². The molecule has 32 heavy (non-hydrogen) atoms. The van der Waals surface area contributed by atoms with Crippen molar-refractivity contribution in [3.63, 3.8) is 0 Å². The van der Waals surface area contributed by atoms with Crippen LogP contribution >= 0.6 is 11.6 Å². The summed E-state index contributed by atoms with van der Waals surface area (Å²) in [6.45, 7) is 8.41. The molecule has 2 aromatic carbocycles. The van der Waals surface area contributed by atoms with Crippen LogP contribution in [0.3, 0.4) is 0 Å². The van der Waals surface area contributed by atoms with Crippen molar-refractivity contribution < 1.29 is 4.79 Å². The maximum Gasteiger partial charge on any atom is 0.228 e. The first-order valence-corrected chi connectivity index (χ1v) is 11.5. The van der Waals surface area contributed by atoms with Gasteiger partial charge in [0.05, 0.1) is 5.92 Å². The third-order valence-corrected chi connectivity index (χ3v) is 6.22. The molecule has 4 rings (SSSR count). The maximum atomic E-state index is 12.6.